The van der Waals surface area contributed by atoms with Crippen molar-refractivity contribution in [2.24, 2.45) is 0 Å². The Morgan fingerprint density at radius 3 is 2.52 bits per heavy atom. The molecule has 0 aliphatic carbocycles. The van der Waals surface area contributed by atoms with Crippen molar-refractivity contribution in [1.29, 1.82) is 0 Å². The molecule has 0 bridgehead atoms. The predicted molar refractivity (Wildman–Crippen MR) is 82.8 cm³/mol. The zero-order valence-corrected chi connectivity index (χ0v) is 12.9. The van der Waals surface area contributed by atoms with Crippen LogP contribution < -0.4 is 14.8 Å². The number of rotatable bonds is 8. The highest BCUT2D eigenvalue weighted by Crippen LogP contribution is 2.20. The van der Waals surface area contributed by atoms with Gasteiger partial charge in [-0.2, -0.15) is 0 Å². The maximum Gasteiger partial charge on any atom is 0.146 e. The first-order chi connectivity index (χ1) is 10.2. The van der Waals surface area contributed by atoms with Gasteiger partial charge in [0.25, 0.3) is 0 Å². The predicted octanol–water partition coefficient (Wildman–Crippen LogP) is 3.68. The van der Waals surface area contributed by atoms with Gasteiger partial charge in [-0.25, -0.2) is 0 Å². The van der Waals surface area contributed by atoms with Crippen molar-refractivity contribution >= 4 is 0 Å². The Morgan fingerprint density at radius 2 is 1.86 bits per heavy atom. The van der Waals surface area contributed by atoms with Gasteiger partial charge < -0.3 is 19.2 Å². The van der Waals surface area contributed by atoms with E-state index < -0.39 is 0 Å². The molecule has 0 saturated heterocycles. The fraction of sp³-hybridized carbons (Fsp3) is 0.412. The number of nitrogens with one attached hydrogen (secondary N) is 1. The van der Waals surface area contributed by atoms with Gasteiger partial charge in [0, 0.05) is 0 Å². The Kier molecular flexibility index (Phi) is 5.69. The Labute approximate surface area is 126 Å². The summed E-state index contributed by atoms with van der Waals surface area (Å²) in [5, 5.41) is 3.34. The molecule has 0 atom stereocenters. The maximum absolute atomic E-state index is 5.82. The minimum absolute atomic E-state index is 0.431. The Hall–Kier alpha value is -1.94. The minimum Gasteiger partial charge on any atom is -0.497 e. The summed E-state index contributed by atoms with van der Waals surface area (Å²) >= 11 is 0. The zero-order valence-electron chi connectivity index (χ0n) is 12.9. The third kappa shape index (κ3) is 4.53. The lowest BCUT2D eigenvalue weighted by Crippen LogP contribution is -2.13. The van der Waals surface area contributed by atoms with Crippen LogP contribution in [-0.2, 0) is 13.2 Å². The summed E-state index contributed by atoms with van der Waals surface area (Å²) in [6.45, 7) is 6.40. The monoisotopic (exact) mass is 289 g/mol. The van der Waals surface area contributed by atoms with Crippen LogP contribution in [0.15, 0.2) is 34.7 Å². The lowest BCUT2D eigenvalue weighted by molar-refractivity contribution is 0.264. The summed E-state index contributed by atoms with van der Waals surface area (Å²) in [7, 11) is 1.65. The van der Waals surface area contributed by atoms with Gasteiger partial charge in [0.05, 0.1) is 13.7 Å². The molecule has 1 N–H and O–H groups in total. The van der Waals surface area contributed by atoms with Crippen LogP contribution in [0.1, 0.15) is 30.4 Å². The van der Waals surface area contributed by atoms with Crippen LogP contribution in [0.3, 0.4) is 0 Å². The average Bonchev–Trinajstić information content (AvgIpc) is 2.86. The van der Waals surface area contributed by atoms with Crippen molar-refractivity contribution in [1.82, 2.24) is 5.32 Å². The molecule has 0 radical (unpaired) electrons. The van der Waals surface area contributed by atoms with E-state index in [0.717, 1.165) is 48.1 Å². The number of benzene rings is 1. The van der Waals surface area contributed by atoms with E-state index in [2.05, 4.69) is 19.2 Å². The van der Waals surface area contributed by atoms with Crippen LogP contribution in [0, 0.1) is 6.92 Å². The zero-order chi connectivity index (χ0) is 15.1. The minimum atomic E-state index is 0.431. The Balaban J connectivity index is 1.89. The van der Waals surface area contributed by atoms with Crippen molar-refractivity contribution in [2.75, 3.05) is 13.7 Å². The number of methoxy groups -OCH3 is 1. The molecule has 1 aromatic heterocycles. The van der Waals surface area contributed by atoms with Crippen LogP contribution in [0.4, 0.5) is 0 Å². The first-order valence-corrected chi connectivity index (χ1v) is 7.28. The molecule has 2 aromatic rings. The number of ether oxygens (including phenoxy) is 2. The molecule has 0 aliphatic heterocycles. The summed E-state index contributed by atoms with van der Waals surface area (Å²) < 4.78 is 16.6. The lowest BCUT2D eigenvalue weighted by Gasteiger charge is -2.05. The van der Waals surface area contributed by atoms with E-state index in [1.807, 2.05) is 30.3 Å². The van der Waals surface area contributed by atoms with Crippen molar-refractivity contribution in [2.45, 2.75) is 33.4 Å². The van der Waals surface area contributed by atoms with Crippen LogP contribution in [0.2, 0.25) is 0 Å². The smallest absolute Gasteiger partial charge is 0.146 e. The molecule has 0 saturated carbocycles. The van der Waals surface area contributed by atoms with Gasteiger partial charge in [-0.1, -0.05) is 6.92 Å². The second-order valence-electron chi connectivity index (χ2n) is 4.96. The molecule has 4 nitrogen and oxygen atoms in total. The van der Waals surface area contributed by atoms with E-state index in [1.165, 1.54) is 0 Å². The van der Waals surface area contributed by atoms with Gasteiger partial charge >= 0.3 is 0 Å². The van der Waals surface area contributed by atoms with Gasteiger partial charge in [-0.15, -0.1) is 0 Å². The fourth-order valence-corrected chi connectivity index (χ4v) is 2.04. The number of furan rings is 1. The molecule has 0 fully saturated rings. The summed E-state index contributed by atoms with van der Waals surface area (Å²) in [4.78, 5) is 0. The van der Waals surface area contributed by atoms with Crippen molar-refractivity contribution in [3.63, 3.8) is 0 Å². The molecule has 0 amide bonds. The second kappa shape index (κ2) is 7.74. The van der Waals surface area contributed by atoms with Gasteiger partial charge in [0.1, 0.15) is 29.6 Å². The molecule has 114 valence electrons. The highest BCUT2D eigenvalue weighted by Gasteiger charge is 2.08. The van der Waals surface area contributed by atoms with E-state index in [1.54, 1.807) is 7.11 Å². The van der Waals surface area contributed by atoms with Crippen molar-refractivity contribution in [3.8, 4) is 11.5 Å². The Bertz CT molecular complexity index is 546. The first-order valence-electron chi connectivity index (χ1n) is 7.28. The molecule has 1 heterocycles. The molecular weight excluding hydrogens is 266 g/mol. The van der Waals surface area contributed by atoms with E-state index in [9.17, 15) is 0 Å². The highest BCUT2D eigenvalue weighted by atomic mass is 16.5. The number of hydrogen-bond acceptors (Lipinski definition) is 4. The second-order valence-corrected chi connectivity index (χ2v) is 4.96. The molecule has 21 heavy (non-hydrogen) atoms. The molecular formula is C17H23NO3. The summed E-state index contributed by atoms with van der Waals surface area (Å²) in [5.74, 6) is 3.45. The first kappa shape index (κ1) is 15.4. The normalized spacial score (nSPS) is 10.6. The molecule has 1 aromatic carbocycles. The highest BCUT2D eigenvalue weighted by molar-refractivity contribution is 5.31. The molecule has 0 unspecified atom stereocenters. The summed E-state index contributed by atoms with van der Waals surface area (Å²) in [5.41, 5.74) is 1.16. The van der Waals surface area contributed by atoms with E-state index in [0.29, 0.717) is 6.61 Å². The van der Waals surface area contributed by atoms with Gasteiger partial charge in [-0.3, -0.25) is 0 Å². The molecule has 4 heteroatoms. The lowest BCUT2D eigenvalue weighted by atomic mass is 10.2. The van der Waals surface area contributed by atoms with Crippen LogP contribution >= 0.6 is 0 Å². The quantitative estimate of drug-likeness (QED) is 0.753. The third-order valence-electron chi connectivity index (χ3n) is 3.22. The Morgan fingerprint density at radius 1 is 1.14 bits per heavy atom. The van der Waals surface area contributed by atoms with Crippen molar-refractivity contribution < 1.29 is 13.9 Å². The van der Waals surface area contributed by atoms with Crippen LogP contribution in [-0.4, -0.2) is 13.7 Å². The SMILES string of the molecule is CCCNCc1oc(COc2ccc(OC)cc2)cc1C. The van der Waals surface area contributed by atoms with E-state index >= 15 is 0 Å². The summed E-state index contributed by atoms with van der Waals surface area (Å²) in [6.07, 6.45) is 1.12. The molecule has 2 rings (SSSR count). The number of hydrogen-bond donors (Lipinski definition) is 1. The van der Waals surface area contributed by atoms with E-state index in [4.69, 9.17) is 13.9 Å². The fourth-order valence-electron chi connectivity index (χ4n) is 2.04. The van der Waals surface area contributed by atoms with Gasteiger partial charge in [0.15, 0.2) is 0 Å². The maximum atomic E-state index is 5.82. The van der Waals surface area contributed by atoms with Crippen LogP contribution in [0.5, 0.6) is 11.5 Å². The molecule has 0 aliphatic rings. The largest absolute Gasteiger partial charge is 0.497 e. The topological polar surface area (TPSA) is 43.6 Å². The average molecular weight is 289 g/mol. The third-order valence-corrected chi connectivity index (χ3v) is 3.22. The van der Waals surface area contributed by atoms with Crippen LogP contribution in [0.25, 0.3) is 0 Å². The van der Waals surface area contributed by atoms with Gasteiger partial charge in [-0.05, 0) is 55.8 Å². The van der Waals surface area contributed by atoms with Gasteiger partial charge in [0.2, 0.25) is 0 Å². The van der Waals surface area contributed by atoms with E-state index in [-0.39, 0.29) is 0 Å². The summed E-state index contributed by atoms with van der Waals surface area (Å²) in [6, 6.07) is 9.56. The molecule has 0 spiro atoms. The van der Waals surface area contributed by atoms with Crippen molar-refractivity contribution in [3.05, 3.63) is 47.4 Å². The number of aryl methyl sites for hydroxylation is 1. The standard InChI is InChI=1S/C17H23NO3/c1-4-9-18-11-17-13(2)10-16(21-17)12-20-15-7-5-14(19-3)6-8-15/h5-8,10,18H,4,9,11-12H2,1-3H3.